The molecule has 178 valence electrons. The van der Waals surface area contributed by atoms with Crippen LogP contribution in [0, 0.1) is 5.92 Å². The fraction of sp³-hybridized carbons (Fsp3) is 0.923. The van der Waals surface area contributed by atoms with Gasteiger partial charge in [-0.25, -0.2) is 0 Å². The van der Waals surface area contributed by atoms with Gasteiger partial charge >= 0.3 is 11.9 Å². The summed E-state index contributed by atoms with van der Waals surface area (Å²) in [7, 11) is 0. The Morgan fingerprint density at radius 3 is 1.30 bits per heavy atom. The van der Waals surface area contributed by atoms with Crippen LogP contribution in [0.2, 0.25) is 0 Å². The standard InChI is InChI=1S/C26H50O4/c1-22(2)29-25(27)19-17-15-13-11-9-7-6-8-10-12-14-16-18-24(5)20-21-26(28)30-23(3)4/h22-24H,6-21H2,1-5H3. The average molecular weight is 427 g/mol. The maximum atomic E-state index is 11.6. The van der Waals surface area contributed by atoms with Crippen molar-refractivity contribution in [3.63, 3.8) is 0 Å². The Morgan fingerprint density at radius 1 is 0.500 bits per heavy atom. The van der Waals surface area contributed by atoms with Gasteiger partial charge in [0.2, 0.25) is 0 Å². The molecule has 0 aromatic rings. The lowest BCUT2D eigenvalue weighted by molar-refractivity contribution is -0.148. The SMILES string of the molecule is CC(CCCCCCCCCCCCCCC(=O)OC(C)C)CCC(=O)OC(C)C. The highest BCUT2D eigenvalue weighted by molar-refractivity contribution is 5.69. The highest BCUT2D eigenvalue weighted by Crippen LogP contribution is 2.17. The molecule has 30 heavy (non-hydrogen) atoms. The molecule has 1 unspecified atom stereocenters. The maximum Gasteiger partial charge on any atom is 0.306 e. The van der Waals surface area contributed by atoms with Crippen molar-refractivity contribution in [3.05, 3.63) is 0 Å². The molecule has 0 aromatic carbocycles. The number of carbonyl (C=O) groups excluding carboxylic acids is 2. The molecule has 4 heteroatoms. The normalized spacial score (nSPS) is 12.4. The Hall–Kier alpha value is -1.06. The summed E-state index contributed by atoms with van der Waals surface area (Å²) < 4.78 is 10.3. The summed E-state index contributed by atoms with van der Waals surface area (Å²) >= 11 is 0. The molecule has 1 atom stereocenters. The van der Waals surface area contributed by atoms with Crippen LogP contribution in [-0.4, -0.2) is 24.1 Å². The first-order valence-electron chi connectivity index (χ1n) is 12.7. The van der Waals surface area contributed by atoms with Gasteiger partial charge in [0.15, 0.2) is 0 Å². The smallest absolute Gasteiger partial charge is 0.306 e. The van der Waals surface area contributed by atoms with Gasteiger partial charge in [-0.1, -0.05) is 84.0 Å². The highest BCUT2D eigenvalue weighted by atomic mass is 16.5. The van der Waals surface area contributed by atoms with E-state index in [2.05, 4.69) is 6.92 Å². The summed E-state index contributed by atoms with van der Waals surface area (Å²) in [5.74, 6) is 0.513. The van der Waals surface area contributed by atoms with Crippen molar-refractivity contribution < 1.29 is 19.1 Å². The van der Waals surface area contributed by atoms with Crippen molar-refractivity contribution >= 4 is 11.9 Å². The van der Waals surface area contributed by atoms with Crippen LogP contribution in [0.15, 0.2) is 0 Å². The van der Waals surface area contributed by atoms with E-state index >= 15 is 0 Å². The fourth-order valence-corrected chi connectivity index (χ4v) is 3.68. The second kappa shape index (κ2) is 19.9. The molecule has 4 nitrogen and oxygen atoms in total. The Balaban J connectivity index is 3.27. The molecule has 0 aromatic heterocycles. The van der Waals surface area contributed by atoms with E-state index in [4.69, 9.17) is 9.47 Å². The third kappa shape index (κ3) is 21.6. The molecule has 0 spiro atoms. The van der Waals surface area contributed by atoms with Crippen molar-refractivity contribution in [2.24, 2.45) is 5.92 Å². The summed E-state index contributed by atoms with van der Waals surface area (Å²) in [6.07, 6.45) is 18.6. The zero-order valence-corrected chi connectivity index (χ0v) is 20.7. The fourth-order valence-electron chi connectivity index (χ4n) is 3.68. The molecular weight excluding hydrogens is 376 g/mol. The Morgan fingerprint density at radius 2 is 0.867 bits per heavy atom. The first-order valence-corrected chi connectivity index (χ1v) is 12.7. The molecule has 0 rings (SSSR count). The molecule has 0 fully saturated rings. The molecule has 0 bridgehead atoms. The second-order valence-corrected chi connectivity index (χ2v) is 9.50. The zero-order chi connectivity index (χ0) is 22.6. The minimum Gasteiger partial charge on any atom is -0.463 e. The van der Waals surface area contributed by atoms with Gasteiger partial charge in [-0.05, 0) is 46.5 Å². The van der Waals surface area contributed by atoms with Gasteiger partial charge in [-0.3, -0.25) is 9.59 Å². The van der Waals surface area contributed by atoms with E-state index in [9.17, 15) is 9.59 Å². The number of esters is 2. The summed E-state index contributed by atoms with van der Waals surface area (Å²) in [6, 6.07) is 0. The van der Waals surface area contributed by atoms with Gasteiger partial charge in [-0.15, -0.1) is 0 Å². The second-order valence-electron chi connectivity index (χ2n) is 9.50. The van der Waals surface area contributed by atoms with E-state index in [0.717, 1.165) is 19.3 Å². The monoisotopic (exact) mass is 426 g/mol. The first kappa shape index (κ1) is 28.9. The minimum absolute atomic E-state index is 0.000277. The first-order chi connectivity index (χ1) is 14.3. The number of hydrogen-bond acceptors (Lipinski definition) is 4. The van der Waals surface area contributed by atoms with Gasteiger partial charge in [0, 0.05) is 12.8 Å². The van der Waals surface area contributed by atoms with Crippen LogP contribution >= 0.6 is 0 Å². The van der Waals surface area contributed by atoms with Crippen molar-refractivity contribution in [1.82, 2.24) is 0 Å². The largest absolute Gasteiger partial charge is 0.463 e. The van der Waals surface area contributed by atoms with Crippen molar-refractivity contribution in [2.75, 3.05) is 0 Å². The number of carbonyl (C=O) groups is 2. The van der Waals surface area contributed by atoms with Crippen molar-refractivity contribution in [3.8, 4) is 0 Å². The Bertz CT molecular complexity index is 417. The molecule has 0 saturated carbocycles. The van der Waals surface area contributed by atoms with Crippen molar-refractivity contribution in [2.45, 2.75) is 150 Å². The van der Waals surface area contributed by atoms with E-state index < -0.39 is 0 Å². The predicted octanol–water partition coefficient (Wildman–Crippen LogP) is 7.77. The number of ether oxygens (including phenoxy) is 2. The van der Waals surface area contributed by atoms with E-state index in [-0.39, 0.29) is 24.1 Å². The molecule has 0 heterocycles. The Kier molecular flexibility index (Phi) is 19.2. The molecule has 0 aliphatic heterocycles. The Labute approximate surface area is 186 Å². The van der Waals surface area contributed by atoms with Crippen LogP contribution in [0.4, 0.5) is 0 Å². The van der Waals surface area contributed by atoms with Crippen LogP contribution in [0.5, 0.6) is 0 Å². The summed E-state index contributed by atoms with van der Waals surface area (Å²) in [5, 5.41) is 0. The summed E-state index contributed by atoms with van der Waals surface area (Å²) in [6.45, 7) is 9.85. The zero-order valence-electron chi connectivity index (χ0n) is 20.7. The van der Waals surface area contributed by atoms with E-state index in [1.54, 1.807) is 0 Å². The molecule has 0 saturated heterocycles. The number of unbranched alkanes of at least 4 members (excludes halogenated alkanes) is 11. The van der Waals surface area contributed by atoms with Gasteiger partial charge in [0.1, 0.15) is 0 Å². The molecule has 0 amide bonds. The maximum absolute atomic E-state index is 11.6. The van der Waals surface area contributed by atoms with Crippen LogP contribution in [0.3, 0.4) is 0 Å². The lowest BCUT2D eigenvalue weighted by Crippen LogP contribution is -2.12. The minimum atomic E-state index is -0.0526. The topological polar surface area (TPSA) is 52.6 Å². The molecule has 0 radical (unpaired) electrons. The number of hydrogen-bond donors (Lipinski definition) is 0. The van der Waals surface area contributed by atoms with Crippen LogP contribution in [0.25, 0.3) is 0 Å². The quantitative estimate of drug-likeness (QED) is 0.147. The third-order valence-electron chi connectivity index (χ3n) is 5.40. The predicted molar refractivity (Wildman–Crippen MR) is 125 cm³/mol. The van der Waals surface area contributed by atoms with E-state index in [1.165, 1.54) is 70.6 Å². The van der Waals surface area contributed by atoms with Gasteiger partial charge in [0.25, 0.3) is 0 Å². The molecular formula is C26H50O4. The summed E-state index contributed by atoms with van der Waals surface area (Å²) in [4.78, 5) is 23.0. The van der Waals surface area contributed by atoms with Gasteiger partial charge in [-0.2, -0.15) is 0 Å². The molecule has 0 N–H and O–H groups in total. The number of rotatable bonds is 20. The summed E-state index contributed by atoms with van der Waals surface area (Å²) in [5.41, 5.74) is 0. The lowest BCUT2D eigenvalue weighted by atomic mass is 9.97. The van der Waals surface area contributed by atoms with E-state index in [0.29, 0.717) is 18.8 Å². The lowest BCUT2D eigenvalue weighted by Gasteiger charge is -2.12. The molecule has 0 aliphatic rings. The van der Waals surface area contributed by atoms with Gasteiger partial charge < -0.3 is 9.47 Å². The van der Waals surface area contributed by atoms with Crippen LogP contribution < -0.4 is 0 Å². The van der Waals surface area contributed by atoms with E-state index in [1.807, 2.05) is 27.7 Å². The average Bonchev–Trinajstić information content (AvgIpc) is 2.65. The van der Waals surface area contributed by atoms with Crippen molar-refractivity contribution in [1.29, 1.82) is 0 Å². The molecule has 0 aliphatic carbocycles. The van der Waals surface area contributed by atoms with Gasteiger partial charge in [0.05, 0.1) is 12.2 Å². The van der Waals surface area contributed by atoms with Crippen LogP contribution in [0.1, 0.15) is 137 Å². The third-order valence-corrected chi connectivity index (χ3v) is 5.40. The van der Waals surface area contributed by atoms with Crippen LogP contribution in [-0.2, 0) is 19.1 Å². The highest BCUT2D eigenvalue weighted by Gasteiger charge is 2.09.